The maximum Gasteiger partial charge on any atom is 0.0503 e. The average molecular weight is 343 g/mol. The van der Waals surface area contributed by atoms with Gasteiger partial charge in [0.1, 0.15) is 0 Å². The van der Waals surface area contributed by atoms with Crippen LogP contribution in [0.3, 0.4) is 0 Å². The minimum absolute atomic E-state index is 0.164. The largest absolute Gasteiger partial charge is 0.344 e. The van der Waals surface area contributed by atoms with Gasteiger partial charge in [-0.2, -0.15) is 0 Å². The molecule has 2 heteroatoms. The Hall–Kier alpha value is -2.32. The molecule has 3 aromatic carbocycles. The van der Waals surface area contributed by atoms with Crippen LogP contribution < -0.4 is 0 Å². The molecule has 25 heavy (non-hydrogen) atoms. The summed E-state index contributed by atoms with van der Waals surface area (Å²) < 4.78 is 5.13. The number of aryl methyl sites for hydroxylation is 1. The summed E-state index contributed by atoms with van der Waals surface area (Å²) in [5.74, 6) is 0. The first-order chi connectivity index (χ1) is 11.9. The summed E-state index contributed by atoms with van der Waals surface area (Å²) in [6, 6.07) is 20.3. The van der Waals surface area contributed by atoms with Crippen LogP contribution >= 0.6 is 11.3 Å². The van der Waals surface area contributed by atoms with E-state index in [1.807, 2.05) is 11.3 Å². The first-order valence-corrected chi connectivity index (χ1v) is 9.60. The molecule has 0 aliphatic heterocycles. The summed E-state index contributed by atoms with van der Waals surface area (Å²) >= 11 is 1.92. The normalized spacial score (nSPS) is 12.8. The highest BCUT2D eigenvalue weighted by Crippen LogP contribution is 2.42. The highest BCUT2D eigenvalue weighted by molar-refractivity contribution is 7.26. The molecule has 5 rings (SSSR count). The molecule has 0 fully saturated rings. The molecule has 0 aliphatic carbocycles. The van der Waals surface area contributed by atoms with E-state index < -0.39 is 0 Å². The molecule has 0 unspecified atom stereocenters. The molecule has 2 aromatic heterocycles. The van der Waals surface area contributed by atoms with Crippen molar-refractivity contribution in [3.8, 4) is 0 Å². The molecule has 0 saturated heterocycles. The van der Waals surface area contributed by atoms with E-state index in [1.54, 1.807) is 0 Å². The van der Waals surface area contributed by atoms with Gasteiger partial charge in [0.05, 0.1) is 5.52 Å². The van der Waals surface area contributed by atoms with E-state index >= 15 is 0 Å². The van der Waals surface area contributed by atoms with Crippen LogP contribution in [-0.2, 0) is 12.5 Å². The first-order valence-electron chi connectivity index (χ1n) is 8.78. The fourth-order valence-electron chi connectivity index (χ4n) is 3.94. The number of thiophene rings is 1. The van der Waals surface area contributed by atoms with Gasteiger partial charge < -0.3 is 4.57 Å². The van der Waals surface area contributed by atoms with Crippen LogP contribution in [0.25, 0.3) is 42.0 Å². The Labute approximate surface area is 151 Å². The predicted molar refractivity (Wildman–Crippen MR) is 112 cm³/mol. The zero-order valence-electron chi connectivity index (χ0n) is 15.1. The Morgan fingerprint density at radius 3 is 2.36 bits per heavy atom. The van der Waals surface area contributed by atoms with Gasteiger partial charge in [-0.25, -0.2) is 0 Å². The van der Waals surface area contributed by atoms with Crippen LogP contribution in [0.4, 0.5) is 0 Å². The van der Waals surface area contributed by atoms with Crippen LogP contribution in [0, 0.1) is 0 Å². The topological polar surface area (TPSA) is 4.93 Å². The van der Waals surface area contributed by atoms with Crippen LogP contribution in [0.2, 0.25) is 0 Å². The van der Waals surface area contributed by atoms with Gasteiger partial charge in [-0.05, 0) is 29.2 Å². The third kappa shape index (κ3) is 2.01. The predicted octanol–water partition coefficient (Wildman–Crippen LogP) is 7.00. The summed E-state index contributed by atoms with van der Waals surface area (Å²) in [5.41, 5.74) is 4.20. The second kappa shape index (κ2) is 4.86. The van der Waals surface area contributed by atoms with E-state index in [-0.39, 0.29) is 5.41 Å². The van der Waals surface area contributed by atoms with Crippen molar-refractivity contribution in [2.75, 3.05) is 0 Å². The molecule has 0 amide bonds. The molecule has 0 bridgehead atoms. The summed E-state index contributed by atoms with van der Waals surface area (Å²) in [6.45, 7) is 6.84. The van der Waals surface area contributed by atoms with Gasteiger partial charge in [-0.1, -0.05) is 57.2 Å². The van der Waals surface area contributed by atoms with E-state index in [4.69, 9.17) is 0 Å². The van der Waals surface area contributed by atoms with Gasteiger partial charge in [0.25, 0.3) is 0 Å². The number of rotatable bonds is 0. The number of hydrogen-bond donors (Lipinski definition) is 0. The smallest absolute Gasteiger partial charge is 0.0503 e. The van der Waals surface area contributed by atoms with Crippen molar-refractivity contribution >= 4 is 53.3 Å². The maximum absolute atomic E-state index is 2.37. The quantitative estimate of drug-likeness (QED) is 0.285. The Morgan fingerprint density at radius 1 is 0.800 bits per heavy atom. The van der Waals surface area contributed by atoms with Crippen LogP contribution in [0.1, 0.15) is 26.3 Å². The lowest BCUT2D eigenvalue weighted by atomic mass is 9.86. The lowest BCUT2D eigenvalue weighted by Gasteiger charge is -2.19. The van der Waals surface area contributed by atoms with Crippen molar-refractivity contribution in [3.05, 3.63) is 60.2 Å². The molecule has 0 N–H and O–H groups in total. The fourth-order valence-corrected chi connectivity index (χ4v) is 5.19. The van der Waals surface area contributed by atoms with E-state index in [0.717, 1.165) is 0 Å². The third-order valence-electron chi connectivity index (χ3n) is 5.38. The summed E-state index contributed by atoms with van der Waals surface area (Å²) in [6.07, 6.45) is 0. The summed E-state index contributed by atoms with van der Waals surface area (Å²) in [7, 11) is 2.19. The molecule has 0 radical (unpaired) electrons. The third-order valence-corrected chi connectivity index (χ3v) is 6.58. The lowest BCUT2D eigenvalue weighted by molar-refractivity contribution is 0.591. The summed E-state index contributed by atoms with van der Waals surface area (Å²) in [4.78, 5) is 0. The van der Waals surface area contributed by atoms with E-state index in [2.05, 4.69) is 87.0 Å². The average Bonchev–Trinajstić information content (AvgIpc) is 3.10. The Balaban J connectivity index is 1.99. The SMILES string of the molecule is Cn1c2cc(C(C)(C)C)ccc2c2c3sc4ccccc4c3ccc21. The molecule has 2 heterocycles. The van der Waals surface area contributed by atoms with Crippen molar-refractivity contribution in [1.29, 1.82) is 0 Å². The molecule has 1 nitrogen and oxygen atoms in total. The molecule has 0 saturated carbocycles. The van der Waals surface area contributed by atoms with Gasteiger partial charge in [-0.3, -0.25) is 0 Å². The number of benzene rings is 3. The lowest BCUT2D eigenvalue weighted by Crippen LogP contribution is -2.10. The zero-order chi connectivity index (χ0) is 17.3. The van der Waals surface area contributed by atoms with Crippen molar-refractivity contribution in [3.63, 3.8) is 0 Å². The van der Waals surface area contributed by atoms with Gasteiger partial charge >= 0.3 is 0 Å². The van der Waals surface area contributed by atoms with Crippen molar-refractivity contribution in [2.45, 2.75) is 26.2 Å². The fraction of sp³-hybridized carbons (Fsp3) is 0.217. The number of nitrogens with zero attached hydrogens (tertiary/aromatic N) is 1. The first kappa shape index (κ1) is 15.0. The van der Waals surface area contributed by atoms with E-state index in [1.165, 1.54) is 47.5 Å². The Bertz CT molecular complexity index is 1280. The molecule has 0 spiro atoms. The standard InChI is InChI=1S/C23H21NS/c1-23(2,3)14-9-10-17-19(13-14)24(4)18-12-11-16-15-7-5-6-8-20(15)25-22(16)21(17)18/h5-13H,1-4H3. The second-order valence-electron chi connectivity index (χ2n) is 7.98. The van der Waals surface area contributed by atoms with Crippen molar-refractivity contribution in [2.24, 2.45) is 7.05 Å². The molecular weight excluding hydrogens is 322 g/mol. The number of fused-ring (bicyclic) bond motifs is 7. The minimum atomic E-state index is 0.164. The molecule has 0 aliphatic rings. The van der Waals surface area contributed by atoms with Crippen molar-refractivity contribution < 1.29 is 0 Å². The highest BCUT2D eigenvalue weighted by atomic mass is 32.1. The Morgan fingerprint density at radius 2 is 1.56 bits per heavy atom. The van der Waals surface area contributed by atoms with Gasteiger partial charge in [0, 0.05) is 43.5 Å². The van der Waals surface area contributed by atoms with Crippen molar-refractivity contribution in [1.82, 2.24) is 4.57 Å². The molecule has 0 atom stereocenters. The zero-order valence-corrected chi connectivity index (χ0v) is 15.9. The van der Waals surface area contributed by atoms with E-state index in [0.29, 0.717) is 0 Å². The summed E-state index contributed by atoms with van der Waals surface area (Å²) in [5, 5.41) is 5.51. The van der Waals surface area contributed by atoms with Crippen LogP contribution in [0.15, 0.2) is 54.6 Å². The minimum Gasteiger partial charge on any atom is -0.344 e. The highest BCUT2D eigenvalue weighted by Gasteiger charge is 2.18. The van der Waals surface area contributed by atoms with Gasteiger partial charge in [0.2, 0.25) is 0 Å². The Kier molecular flexibility index (Phi) is 2.91. The van der Waals surface area contributed by atoms with Crippen LogP contribution in [0.5, 0.6) is 0 Å². The van der Waals surface area contributed by atoms with E-state index in [9.17, 15) is 0 Å². The van der Waals surface area contributed by atoms with Gasteiger partial charge in [0.15, 0.2) is 0 Å². The number of aromatic nitrogens is 1. The van der Waals surface area contributed by atoms with Gasteiger partial charge in [-0.15, -0.1) is 11.3 Å². The molecular formula is C23H21NS. The molecule has 124 valence electrons. The maximum atomic E-state index is 2.37. The number of hydrogen-bond acceptors (Lipinski definition) is 1. The second-order valence-corrected chi connectivity index (χ2v) is 9.03. The monoisotopic (exact) mass is 343 g/mol. The molecule has 5 aromatic rings. The van der Waals surface area contributed by atoms with Crippen LogP contribution in [-0.4, -0.2) is 4.57 Å².